The van der Waals surface area contributed by atoms with Gasteiger partial charge in [0.2, 0.25) is 0 Å². The molecule has 0 spiro atoms. The Kier molecular flexibility index (Phi) is 5.76. The molecule has 2 aromatic carbocycles. The Morgan fingerprint density at radius 1 is 0.833 bits per heavy atom. The van der Waals surface area contributed by atoms with Crippen molar-refractivity contribution in [1.82, 2.24) is 0 Å². The number of benzene rings is 2. The standard InChI is InChI=1S/C26H22F4/c1-2-16-3-5-17(6-4-16)18-7-10-21(24(28)13-18)19-8-11-22(25(29)14-19)20-9-12-23(27)26(30)15-20/h3-5,7-8,10-15,17,20H,2,6,9H2,1H3. The molecule has 0 saturated carbocycles. The van der Waals surface area contributed by atoms with Gasteiger partial charge in [0.1, 0.15) is 11.6 Å². The number of allylic oxidation sites excluding steroid dienone is 8. The van der Waals surface area contributed by atoms with Crippen LogP contribution in [0.2, 0.25) is 0 Å². The highest BCUT2D eigenvalue weighted by atomic mass is 19.2. The number of hydrogen-bond acceptors (Lipinski definition) is 0. The third-order valence-corrected chi connectivity index (χ3v) is 5.84. The van der Waals surface area contributed by atoms with E-state index >= 15 is 0 Å². The molecule has 2 aromatic rings. The second-order valence-corrected chi connectivity index (χ2v) is 7.72. The molecule has 0 radical (unpaired) electrons. The van der Waals surface area contributed by atoms with Gasteiger partial charge in [0.05, 0.1) is 0 Å². The van der Waals surface area contributed by atoms with Crippen molar-refractivity contribution in [2.24, 2.45) is 0 Å². The highest BCUT2D eigenvalue weighted by molar-refractivity contribution is 5.65. The Bertz CT molecular complexity index is 1090. The Labute approximate surface area is 173 Å². The Balaban J connectivity index is 1.57. The molecule has 154 valence electrons. The topological polar surface area (TPSA) is 0 Å². The lowest BCUT2D eigenvalue weighted by Crippen LogP contribution is -2.03. The molecule has 2 unspecified atom stereocenters. The van der Waals surface area contributed by atoms with E-state index in [0.717, 1.165) is 30.6 Å². The van der Waals surface area contributed by atoms with Crippen LogP contribution in [-0.2, 0) is 0 Å². The van der Waals surface area contributed by atoms with Gasteiger partial charge in [0.25, 0.3) is 0 Å². The van der Waals surface area contributed by atoms with Crippen molar-refractivity contribution in [2.75, 3.05) is 0 Å². The van der Waals surface area contributed by atoms with E-state index in [9.17, 15) is 17.6 Å². The Hall–Kier alpha value is -2.88. The maximum absolute atomic E-state index is 14.8. The fraction of sp³-hybridized carbons (Fsp3) is 0.231. The maximum atomic E-state index is 14.8. The van der Waals surface area contributed by atoms with Gasteiger partial charge in [-0.15, -0.1) is 0 Å². The van der Waals surface area contributed by atoms with Gasteiger partial charge in [-0.3, -0.25) is 0 Å². The molecule has 0 aliphatic heterocycles. The first-order valence-corrected chi connectivity index (χ1v) is 10.2. The van der Waals surface area contributed by atoms with Gasteiger partial charge in [0, 0.05) is 17.4 Å². The molecule has 4 heteroatoms. The van der Waals surface area contributed by atoms with Crippen molar-refractivity contribution in [3.63, 3.8) is 0 Å². The van der Waals surface area contributed by atoms with Gasteiger partial charge in [-0.2, -0.15) is 0 Å². The van der Waals surface area contributed by atoms with Gasteiger partial charge < -0.3 is 0 Å². The summed E-state index contributed by atoms with van der Waals surface area (Å²) in [4.78, 5) is 0. The third-order valence-electron chi connectivity index (χ3n) is 5.84. The summed E-state index contributed by atoms with van der Waals surface area (Å²) in [5.74, 6) is -3.32. The minimum absolute atomic E-state index is 0.129. The summed E-state index contributed by atoms with van der Waals surface area (Å²) in [5.41, 5.74) is 3.15. The first kappa shape index (κ1) is 20.4. The molecule has 0 N–H and O–H groups in total. The zero-order valence-corrected chi connectivity index (χ0v) is 16.6. The lowest BCUT2D eigenvalue weighted by molar-refractivity contribution is 0.517. The van der Waals surface area contributed by atoms with Crippen molar-refractivity contribution in [3.8, 4) is 11.1 Å². The Morgan fingerprint density at radius 3 is 2.27 bits per heavy atom. The molecule has 2 aliphatic rings. The van der Waals surface area contributed by atoms with Crippen LogP contribution in [0, 0.1) is 11.6 Å². The first-order chi connectivity index (χ1) is 14.5. The lowest BCUT2D eigenvalue weighted by atomic mass is 9.88. The average Bonchev–Trinajstić information content (AvgIpc) is 2.76. The van der Waals surface area contributed by atoms with Gasteiger partial charge in [0.15, 0.2) is 11.7 Å². The van der Waals surface area contributed by atoms with Crippen LogP contribution in [0.4, 0.5) is 17.6 Å². The molecule has 0 aromatic heterocycles. The number of hydrogen-bond donors (Lipinski definition) is 0. The van der Waals surface area contributed by atoms with Crippen molar-refractivity contribution >= 4 is 0 Å². The van der Waals surface area contributed by atoms with E-state index in [1.165, 1.54) is 23.8 Å². The van der Waals surface area contributed by atoms with E-state index in [-0.39, 0.29) is 17.9 Å². The van der Waals surface area contributed by atoms with Gasteiger partial charge >= 0.3 is 0 Å². The van der Waals surface area contributed by atoms with E-state index in [2.05, 4.69) is 25.2 Å². The lowest BCUT2D eigenvalue weighted by Gasteiger charge is -2.18. The van der Waals surface area contributed by atoms with Crippen molar-refractivity contribution < 1.29 is 17.6 Å². The van der Waals surface area contributed by atoms with Gasteiger partial charge in [-0.25, -0.2) is 17.6 Å². The minimum atomic E-state index is -0.978. The smallest absolute Gasteiger partial charge is 0.155 e. The van der Waals surface area contributed by atoms with E-state index in [0.29, 0.717) is 11.1 Å². The van der Waals surface area contributed by atoms with Crippen LogP contribution in [0.25, 0.3) is 11.1 Å². The van der Waals surface area contributed by atoms with Gasteiger partial charge in [-0.05, 0) is 60.2 Å². The molecule has 30 heavy (non-hydrogen) atoms. The van der Waals surface area contributed by atoms with Crippen LogP contribution in [0.3, 0.4) is 0 Å². The highest BCUT2D eigenvalue weighted by Gasteiger charge is 2.21. The van der Waals surface area contributed by atoms with E-state index in [1.54, 1.807) is 12.1 Å². The summed E-state index contributed by atoms with van der Waals surface area (Å²) in [6, 6.07) is 9.44. The summed E-state index contributed by atoms with van der Waals surface area (Å²) in [7, 11) is 0. The fourth-order valence-electron chi connectivity index (χ4n) is 4.03. The molecule has 0 amide bonds. The predicted octanol–water partition coefficient (Wildman–Crippen LogP) is 8.21. The largest absolute Gasteiger partial charge is 0.207 e. The minimum Gasteiger partial charge on any atom is -0.207 e. The highest BCUT2D eigenvalue weighted by Crippen LogP contribution is 2.36. The summed E-state index contributed by atoms with van der Waals surface area (Å²) in [6.07, 6.45) is 10.5. The zero-order valence-electron chi connectivity index (χ0n) is 16.6. The molecular formula is C26H22F4. The third kappa shape index (κ3) is 4.04. The normalized spacial score (nSPS) is 21.2. The monoisotopic (exact) mass is 410 g/mol. The molecular weight excluding hydrogens is 388 g/mol. The molecule has 0 bridgehead atoms. The van der Waals surface area contributed by atoms with Crippen LogP contribution in [0.1, 0.15) is 49.1 Å². The molecule has 0 nitrogen and oxygen atoms in total. The molecule has 2 aliphatic carbocycles. The summed E-state index contributed by atoms with van der Waals surface area (Å²) >= 11 is 0. The quantitative estimate of drug-likeness (QED) is 0.446. The van der Waals surface area contributed by atoms with Gasteiger partial charge in [-0.1, -0.05) is 55.0 Å². The van der Waals surface area contributed by atoms with Crippen LogP contribution < -0.4 is 0 Å². The SMILES string of the molecule is CCC1=CCC(c2ccc(-c3ccc(C4C=C(F)C(F)=CC4)c(F)c3)c(F)c2)C=C1. The second kappa shape index (κ2) is 8.47. The summed E-state index contributed by atoms with van der Waals surface area (Å²) < 4.78 is 56.2. The molecule has 4 rings (SSSR count). The number of halogens is 4. The number of rotatable bonds is 4. The van der Waals surface area contributed by atoms with Crippen molar-refractivity contribution in [3.05, 3.63) is 107 Å². The Morgan fingerprint density at radius 2 is 1.63 bits per heavy atom. The average molecular weight is 410 g/mol. The van der Waals surface area contributed by atoms with E-state index < -0.39 is 29.2 Å². The zero-order chi connectivity index (χ0) is 21.3. The van der Waals surface area contributed by atoms with Crippen LogP contribution in [0.15, 0.2) is 84.0 Å². The van der Waals surface area contributed by atoms with Crippen LogP contribution in [0.5, 0.6) is 0 Å². The summed E-state index contributed by atoms with van der Waals surface area (Å²) in [5, 5.41) is 0. The summed E-state index contributed by atoms with van der Waals surface area (Å²) in [6.45, 7) is 2.10. The predicted molar refractivity (Wildman–Crippen MR) is 112 cm³/mol. The van der Waals surface area contributed by atoms with E-state index in [1.807, 2.05) is 6.07 Å². The molecule has 0 fully saturated rings. The molecule has 0 saturated heterocycles. The first-order valence-electron chi connectivity index (χ1n) is 10.2. The van der Waals surface area contributed by atoms with Crippen LogP contribution in [-0.4, -0.2) is 0 Å². The second-order valence-electron chi connectivity index (χ2n) is 7.72. The fourth-order valence-corrected chi connectivity index (χ4v) is 4.03. The maximum Gasteiger partial charge on any atom is 0.155 e. The van der Waals surface area contributed by atoms with Crippen molar-refractivity contribution in [1.29, 1.82) is 0 Å². The molecule has 2 atom stereocenters. The molecule has 0 heterocycles. The van der Waals surface area contributed by atoms with E-state index in [4.69, 9.17) is 0 Å². The van der Waals surface area contributed by atoms with Crippen LogP contribution >= 0.6 is 0 Å². The van der Waals surface area contributed by atoms with Crippen molar-refractivity contribution in [2.45, 2.75) is 38.0 Å².